The van der Waals surface area contributed by atoms with Crippen LogP contribution in [0.2, 0.25) is 0 Å². The lowest BCUT2D eigenvalue weighted by Gasteiger charge is -2.17. The second kappa shape index (κ2) is 5.51. The fourth-order valence-electron chi connectivity index (χ4n) is 1.56. The summed E-state index contributed by atoms with van der Waals surface area (Å²) in [6.45, 7) is 5.41. The second-order valence-electron chi connectivity index (χ2n) is 3.72. The average Bonchev–Trinajstić information content (AvgIpc) is 2.27. The zero-order chi connectivity index (χ0) is 13.2. The summed E-state index contributed by atoms with van der Waals surface area (Å²) in [5.41, 5.74) is 1.73. The number of phenols is 1. The monoisotopic (exact) mass is 302 g/mol. The highest BCUT2D eigenvalue weighted by Crippen LogP contribution is 2.36. The Hall–Kier alpha value is -1.07. The van der Waals surface area contributed by atoms with Crippen molar-refractivity contribution >= 4 is 21.9 Å². The first-order valence-electron chi connectivity index (χ1n) is 5.23. The van der Waals surface area contributed by atoms with Crippen LogP contribution >= 0.6 is 15.9 Å². The van der Waals surface area contributed by atoms with Gasteiger partial charge in [-0.2, -0.15) is 0 Å². The maximum Gasteiger partial charge on any atom is 0.339 e. The molecular formula is C12H15BrO4. The number of carbonyl (C=O) groups is 1. The summed E-state index contributed by atoms with van der Waals surface area (Å²) < 4.78 is 5.18. The van der Waals surface area contributed by atoms with E-state index in [1.54, 1.807) is 19.9 Å². The van der Waals surface area contributed by atoms with Gasteiger partial charge in [0, 0.05) is 5.56 Å². The molecule has 0 radical (unpaired) electrons. The minimum atomic E-state index is -1.47. The Kier molecular flexibility index (Phi) is 4.54. The van der Waals surface area contributed by atoms with Crippen molar-refractivity contribution in [2.24, 2.45) is 0 Å². The number of aliphatic hydroxyl groups is 1. The van der Waals surface area contributed by atoms with E-state index in [2.05, 4.69) is 15.9 Å². The van der Waals surface area contributed by atoms with Crippen molar-refractivity contribution in [2.45, 2.75) is 26.9 Å². The minimum Gasteiger partial charge on any atom is -0.506 e. The molecule has 2 N–H and O–H groups in total. The Morgan fingerprint density at radius 3 is 2.65 bits per heavy atom. The summed E-state index contributed by atoms with van der Waals surface area (Å²) in [5.74, 6) is -0.892. The molecule has 17 heavy (non-hydrogen) atoms. The summed E-state index contributed by atoms with van der Waals surface area (Å²) in [4.78, 5) is 11.5. The molecule has 0 saturated heterocycles. The van der Waals surface area contributed by atoms with Crippen molar-refractivity contribution in [2.75, 3.05) is 6.61 Å². The molecule has 0 heterocycles. The molecule has 0 spiro atoms. The largest absolute Gasteiger partial charge is 0.506 e. The maximum absolute atomic E-state index is 11.5. The van der Waals surface area contributed by atoms with E-state index in [0.717, 1.165) is 5.56 Å². The van der Waals surface area contributed by atoms with Gasteiger partial charge in [0.1, 0.15) is 5.75 Å². The van der Waals surface area contributed by atoms with Crippen LogP contribution in [0.25, 0.3) is 0 Å². The fraction of sp³-hybridized carbons (Fsp3) is 0.417. The third kappa shape index (κ3) is 2.79. The number of benzene rings is 1. The van der Waals surface area contributed by atoms with E-state index in [9.17, 15) is 15.0 Å². The normalized spacial score (nSPS) is 12.3. The molecule has 1 rings (SSSR count). The third-order valence-corrected chi connectivity index (χ3v) is 3.21. The SMILES string of the molecule is CCOC(=O)C(O)c1c(C)c(C)cc(Br)c1O. The molecule has 0 aliphatic heterocycles. The molecule has 0 aliphatic rings. The van der Waals surface area contributed by atoms with Crippen LogP contribution in [0.1, 0.15) is 29.7 Å². The number of hydrogen-bond donors (Lipinski definition) is 2. The van der Waals surface area contributed by atoms with Crippen LogP contribution in [0.15, 0.2) is 10.5 Å². The molecule has 1 aromatic rings. The van der Waals surface area contributed by atoms with Crippen LogP contribution in [-0.4, -0.2) is 22.8 Å². The number of aliphatic hydroxyl groups excluding tert-OH is 1. The van der Waals surface area contributed by atoms with Crippen molar-refractivity contribution in [3.63, 3.8) is 0 Å². The number of aryl methyl sites for hydroxylation is 1. The van der Waals surface area contributed by atoms with Gasteiger partial charge < -0.3 is 14.9 Å². The predicted molar refractivity (Wildman–Crippen MR) is 66.9 cm³/mol. The zero-order valence-corrected chi connectivity index (χ0v) is 11.5. The lowest BCUT2D eigenvalue weighted by Crippen LogP contribution is -2.17. The standard InChI is InChI=1S/C12H15BrO4/c1-4-17-12(16)11(15)9-7(3)6(2)5-8(13)10(9)14/h5,11,14-15H,4H2,1-3H3. The summed E-state index contributed by atoms with van der Waals surface area (Å²) >= 11 is 3.17. The number of hydrogen-bond acceptors (Lipinski definition) is 4. The van der Waals surface area contributed by atoms with Crippen LogP contribution in [0.3, 0.4) is 0 Å². The van der Waals surface area contributed by atoms with Crippen LogP contribution < -0.4 is 0 Å². The quantitative estimate of drug-likeness (QED) is 0.841. The fourth-order valence-corrected chi connectivity index (χ4v) is 2.12. The van der Waals surface area contributed by atoms with Crippen LogP contribution in [-0.2, 0) is 9.53 Å². The van der Waals surface area contributed by atoms with Crippen molar-refractivity contribution in [1.82, 2.24) is 0 Å². The van der Waals surface area contributed by atoms with Gasteiger partial charge >= 0.3 is 5.97 Å². The van der Waals surface area contributed by atoms with E-state index in [0.29, 0.717) is 10.0 Å². The van der Waals surface area contributed by atoms with E-state index in [1.165, 1.54) is 0 Å². The van der Waals surface area contributed by atoms with E-state index in [-0.39, 0.29) is 17.9 Å². The summed E-state index contributed by atoms with van der Waals surface area (Å²) in [7, 11) is 0. The molecule has 0 aromatic heterocycles. The molecule has 0 bridgehead atoms. The average molecular weight is 303 g/mol. The van der Waals surface area contributed by atoms with E-state index in [1.807, 2.05) is 6.92 Å². The number of aromatic hydroxyl groups is 1. The van der Waals surface area contributed by atoms with Gasteiger partial charge in [0.25, 0.3) is 0 Å². The first-order valence-corrected chi connectivity index (χ1v) is 6.02. The van der Waals surface area contributed by atoms with Gasteiger partial charge in [-0.3, -0.25) is 0 Å². The Labute approximate surface area is 108 Å². The van der Waals surface area contributed by atoms with Crippen molar-refractivity contribution in [3.05, 3.63) is 27.2 Å². The lowest BCUT2D eigenvalue weighted by atomic mass is 9.98. The first kappa shape index (κ1) is 14.0. The van der Waals surface area contributed by atoms with Gasteiger partial charge in [0.15, 0.2) is 6.10 Å². The van der Waals surface area contributed by atoms with E-state index >= 15 is 0 Å². The summed E-state index contributed by atoms with van der Waals surface area (Å²) in [5, 5.41) is 19.8. The number of halogens is 1. The highest BCUT2D eigenvalue weighted by Gasteiger charge is 2.26. The predicted octanol–water partition coefficient (Wildman–Crippen LogP) is 2.37. The number of phenolic OH excluding ortho intramolecular Hbond substituents is 1. The Balaban J connectivity index is 3.25. The molecule has 1 atom stereocenters. The molecule has 0 saturated carbocycles. The van der Waals surface area contributed by atoms with Crippen molar-refractivity contribution in [1.29, 1.82) is 0 Å². The number of carbonyl (C=O) groups excluding carboxylic acids is 1. The van der Waals surface area contributed by atoms with Crippen LogP contribution in [0.4, 0.5) is 0 Å². The maximum atomic E-state index is 11.5. The molecule has 1 unspecified atom stereocenters. The Bertz CT molecular complexity index is 416. The lowest BCUT2D eigenvalue weighted by molar-refractivity contribution is -0.153. The van der Waals surface area contributed by atoms with Crippen LogP contribution in [0.5, 0.6) is 5.75 Å². The van der Waals surface area contributed by atoms with Gasteiger partial charge in [0.05, 0.1) is 11.1 Å². The number of esters is 1. The highest BCUT2D eigenvalue weighted by molar-refractivity contribution is 9.10. The Morgan fingerprint density at radius 1 is 1.53 bits per heavy atom. The first-order chi connectivity index (χ1) is 7.90. The van der Waals surface area contributed by atoms with Gasteiger partial charge in [-0.15, -0.1) is 0 Å². The second-order valence-corrected chi connectivity index (χ2v) is 4.57. The van der Waals surface area contributed by atoms with Gasteiger partial charge in [-0.25, -0.2) is 4.79 Å². The summed E-state index contributed by atoms with van der Waals surface area (Å²) in [6.07, 6.45) is -1.47. The molecule has 1 aromatic carbocycles. The van der Waals surface area contributed by atoms with Crippen molar-refractivity contribution < 1.29 is 19.7 Å². The van der Waals surface area contributed by atoms with E-state index < -0.39 is 12.1 Å². The molecule has 0 amide bonds. The van der Waals surface area contributed by atoms with Gasteiger partial charge in [0.2, 0.25) is 0 Å². The topological polar surface area (TPSA) is 66.8 Å². The number of ether oxygens (including phenoxy) is 1. The molecule has 0 aliphatic carbocycles. The highest BCUT2D eigenvalue weighted by atomic mass is 79.9. The summed E-state index contributed by atoms with van der Waals surface area (Å²) in [6, 6.07) is 1.73. The van der Waals surface area contributed by atoms with Crippen LogP contribution in [0, 0.1) is 13.8 Å². The van der Waals surface area contributed by atoms with E-state index in [4.69, 9.17) is 4.74 Å². The smallest absolute Gasteiger partial charge is 0.339 e. The van der Waals surface area contributed by atoms with Gasteiger partial charge in [-0.1, -0.05) is 0 Å². The number of rotatable bonds is 3. The molecular weight excluding hydrogens is 288 g/mol. The molecule has 0 fully saturated rings. The van der Waals surface area contributed by atoms with Gasteiger partial charge in [-0.05, 0) is 53.9 Å². The Morgan fingerprint density at radius 2 is 2.12 bits per heavy atom. The molecule has 94 valence electrons. The molecule has 4 nitrogen and oxygen atoms in total. The molecule has 5 heteroatoms. The minimum absolute atomic E-state index is 0.131. The third-order valence-electron chi connectivity index (χ3n) is 2.60. The zero-order valence-electron chi connectivity index (χ0n) is 9.95. The van der Waals surface area contributed by atoms with Crippen molar-refractivity contribution in [3.8, 4) is 5.75 Å².